The van der Waals surface area contributed by atoms with E-state index in [2.05, 4.69) is 0 Å². The lowest BCUT2D eigenvalue weighted by Gasteiger charge is -2.28. The van der Waals surface area contributed by atoms with Crippen molar-refractivity contribution in [3.8, 4) is 0 Å². The Labute approximate surface area is 99.7 Å². The van der Waals surface area contributed by atoms with Crippen molar-refractivity contribution in [3.05, 3.63) is 35.1 Å². The fraction of sp³-hybridized carbons (Fsp3) is 0.538. The fourth-order valence-corrected chi connectivity index (χ4v) is 1.28. The van der Waals surface area contributed by atoms with Crippen molar-refractivity contribution in [2.45, 2.75) is 46.2 Å². The Morgan fingerprint density at radius 3 is 1.82 bits per heavy atom. The summed E-state index contributed by atoms with van der Waals surface area (Å²) >= 11 is 0. The Bertz CT molecular complexity index is 364. The smallest absolute Gasteiger partial charge is 0.207 e. The van der Waals surface area contributed by atoms with E-state index < -0.39 is 17.4 Å². The number of hydrogen-bond acceptors (Lipinski definition) is 0. The van der Waals surface area contributed by atoms with Gasteiger partial charge in [0.15, 0.2) is 0 Å². The Balaban J connectivity index is 0.00000121. The van der Waals surface area contributed by atoms with Gasteiger partial charge in [0, 0.05) is 5.56 Å². The van der Waals surface area contributed by atoms with Crippen LogP contribution < -0.4 is 0 Å². The molecule has 0 saturated carbocycles. The van der Waals surface area contributed by atoms with Crippen LogP contribution in [0.3, 0.4) is 0 Å². The van der Waals surface area contributed by atoms with Gasteiger partial charge in [-0.1, -0.05) is 26.0 Å². The van der Waals surface area contributed by atoms with Gasteiger partial charge in [0.1, 0.15) is 5.82 Å². The summed E-state index contributed by atoms with van der Waals surface area (Å²) < 4.78 is 51.3. The van der Waals surface area contributed by atoms with Gasteiger partial charge in [-0.2, -0.15) is 13.2 Å². The molecule has 1 aromatic rings. The number of rotatable bonds is 1. The largest absolute Gasteiger partial charge is 0.398 e. The Kier molecular flexibility index (Phi) is 5.17. The van der Waals surface area contributed by atoms with Crippen LogP contribution in [0, 0.1) is 12.7 Å². The Hall–Kier alpha value is -1.06. The molecular formula is C13H18F4. The lowest BCUT2D eigenvalue weighted by Crippen LogP contribution is -2.37. The topological polar surface area (TPSA) is 0 Å². The standard InChI is InChI=1S/C11H12F4.C2H6/c1-7-4-5-8(9(12)6-7)10(2,3)11(13,14)15;1-2/h4-6H,1-3H3;1-2H3. The first-order valence-corrected chi connectivity index (χ1v) is 5.49. The van der Waals surface area contributed by atoms with Gasteiger partial charge >= 0.3 is 6.18 Å². The van der Waals surface area contributed by atoms with Crippen LogP contribution in [0.15, 0.2) is 18.2 Å². The SMILES string of the molecule is CC.Cc1ccc(C(C)(C)C(F)(F)F)c(F)c1. The summed E-state index contributed by atoms with van der Waals surface area (Å²) in [4.78, 5) is 0. The third kappa shape index (κ3) is 3.45. The third-order valence-electron chi connectivity index (χ3n) is 2.51. The van der Waals surface area contributed by atoms with Crippen molar-refractivity contribution >= 4 is 0 Å². The summed E-state index contributed by atoms with van der Waals surface area (Å²) in [5, 5.41) is 0. The highest BCUT2D eigenvalue weighted by atomic mass is 19.4. The van der Waals surface area contributed by atoms with Gasteiger partial charge in [0.25, 0.3) is 0 Å². The van der Waals surface area contributed by atoms with Crippen LogP contribution in [0.4, 0.5) is 17.6 Å². The molecule has 0 amide bonds. The number of benzene rings is 1. The maximum Gasteiger partial charge on any atom is 0.398 e. The first-order valence-electron chi connectivity index (χ1n) is 5.49. The first kappa shape index (κ1) is 15.9. The molecule has 0 heterocycles. The number of halogens is 4. The molecule has 0 aliphatic heterocycles. The van der Waals surface area contributed by atoms with Crippen molar-refractivity contribution in [3.63, 3.8) is 0 Å². The van der Waals surface area contributed by atoms with Crippen molar-refractivity contribution in [1.82, 2.24) is 0 Å². The molecule has 0 aliphatic carbocycles. The molecule has 1 rings (SSSR count). The maximum absolute atomic E-state index is 13.4. The molecule has 0 nitrogen and oxygen atoms in total. The molecule has 0 aromatic heterocycles. The van der Waals surface area contributed by atoms with Crippen LogP contribution in [0.2, 0.25) is 0 Å². The Morgan fingerprint density at radius 2 is 1.47 bits per heavy atom. The van der Waals surface area contributed by atoms with Crippen molar-refractivity contribution in [2.75, 3.05) is 0 Å². The van der Waals surface area contributed by atoms with E-state index in [0.29, 0.717) is 5.56 Å². The predicted molar refractivity (Wildman–Crippen MR) is 61.6 cm³/mol. The molecule has 0 bridgehead atoms. The van der Waals surface area contributed by atoms with E-state index in [4.69, 9.17) is 0 Å². The second kappa shape index (κ2) is 5.52. The molecule has 98 valence electrons. The van der Waals surface area contributed by atoms with Crippen LogP contribution >= 0.6 is 0 Å². The summed E-state index contributed by atoms with van der Waals surface area (Å²) in [6.45, 7) is 7.58. The number of hydrogen-bond donors (Lipinski definition) is 0. The predicted octanol–water partition coefficient (Wildman–Crippen LogP) is 5.00. The maximum atomic E-state index is 13.4. The van der Waals surface area contributed by atoms with Gasteiger partial charge in [-0.15, -0.1) is 0 Å². The molecule has 0 fully saturated rings. The van der Waals surface area contributed by atoms with Crippen LogP contribution in [-0.2, 0) is 5.41 Å². The molecule has 0 N–H and O–H groups in total. The molecule has 0 unspecified atom stereocenters. The second-order valence-electron chi connectivity index (χ2n) is 4.11. The summed E-state index contributed by atoms with van der Waals surface area (Å²) in [7, 11) is 0. The summed E-state index contributed by atoms with van der Waals surface area (Å²) in [6.07, 6.45) is -4.46. The molecule has 17 heavy (non-hydrogen) atoms. The average Bonchev–Trinajstić information content (AvgIpc) is 2.18. The molecule has 0 saturated heterocycles. The molecular weight excluding hydrogens is 232 g/mol. The van der Waals surface area contributed by atoms with Gasteiger partial charge < -0.3 is 0 Å². The lowest BCUT2D eigenvalue weighted by molar-refractivity contribution is -0.180. The zero-order valence-electron chi connectivity index (χ0n) is 10.7. The van der Waals surface area contributed by atoms with E-state index in [9.17, 15) is 17.6 Å². The van der Waals surface area contributed by atoms with E-state index in [1.165, 1.54) is 12.1 Å². The average molecular weight is 250 g/mol. The Morgan fingerprint density at radius 1 is 1.00 bits per heavy atom. The molecule has 0 aliphatic rings. The summed E-state index contributed by atoms with van der Waals surface area (Å²) in [5.41, 5.74) is -1.88. The minimum Gasteiger partial charge on any atom is -0.207 e. The minimum absolute atomic E-state index is 0.319. The van der Waals surface area contributed by atoms with E-state index in [1.54, 1.807) is 6.92 Å². The van der Waals surface area contributed by atoms with Gasteiger partial charge in [0.2, 0.25) is 0 Å². The first-order chi connectivity index (χ1) is 7.66. The van der Waals surface area contributed by atoms with Crippen LogP contribution in [0.1, 0.15) is 38.8 Å². The van der Waals surface area contributed by atoms with E-state index >= 15 is 0 Å². The van der Waals surface area contributed by atoms with Crippen molar-refractivity contribution in [1.29, 1.82) is 0 Å². The van der Waals surface area contributed by atoms with Crippen molar-refractivity contribution < 1.29 is 17.6 Å². The summed E-state index contributed by atoms with van der Waals surface area (Å²) in [5.74, 6) is -0.808. The molecule has 0 spiro atoms. The molecule has 4 heteroatoms. The highest BCUT2D eigenvalue weighted by Crippen LogP contribution is 2.41. The molecule has 1 aromatic carbocycles. The van der Waals surface area contributed by atoms with Gasteiger partial charge in [-0.05, 0) is 32.4 Å². The molecule has 0 radical (unpaired) electrons. The fourth-order valence-electron chi connectivity index (χ4n) is 1.28. The van der Waals surface area contributed by atoms with Crippen LogP contribution in [-0.4, -0.2) is 6.18 Å². The zero-order valence-corrected chi connectivity index (χ0v) is 10.7. The number of aryl methyl sites for hydroxylation is 1. The van der Waals surface area contributed by atoms with Crippen molar-refractivity contribution in [2.24, 2.45) is 0 Å². The number of alkyl halides is 3. The minimum atomic E-state index is -4.46. The monoisotopic (exact) mass is 250 g/mol. The highest BCUT2D eigenvalue weighted by Gasteiger charge is 2.49. The summed E-state index contributed by atoms with van der Waals surface area (Å²) in [6, 6.07) is 3.78. The van der Waals surface area contributed by atoms with E-state index in [0.717, 1.165) is 19.9 Å². The third-order valence-corrected chi connectivity index (χ3v) is 2.51. The lowest BCUT2D eigenvalue weighted by atomic mass is 9.83. The van der Waals surface area contributed by atoms with Gasteiger partial charge in [0.05, 0.1) is 5.41 Å². The molecule has 0 atom stereocenters. The normalized spacial score (nSPS) is 11.8. The van der Waals surface area contributed by atoms with E-state index in [-0.39, 0.29) is 5.56 Å². The van der Waals surface area contributed by atoms with Gasteiger partial charge in [-0.3, -0.25) is 0 Å². The van der Waals surface area contributed by atoms with Crippen LogP contribution in [0.25, 0.3) is 0 Å². The quantitative estimate of drug-likeness (QED) is 0.615. The van der Waals surface area contributed by atoms with Gasteiger partial charge in [-0.25, -0.2) is 4.39 Å². The highest BCUT2D eigenvalue weighted by molar-refractivity contribution is 5.30. The zero-order chi connectivity index (χ0) is 13.9. The van der Waals surface area contributed by atoms with E-state index in [1.807, 2.05) is 13.8 Å². The second-order valence-corrected chi connectivity index (χ2v) is 4.11. The van der Waals surface area contributed by atoms with Crippen LogP contribution in [0.5, 0.6) is 0 Å².